The van der Waals surface area contributed by atoms with Crippen LogP contribution in [0.5, 0.6) is 5.75 Å². The Kier molecular flexibility index (Phi) is 7.53. The van der Waals surface area contributed by atoms with Crippen LogP contribution in [0.2, 0.25) is 5.02 Å². The first-order valence-electron chi connectivity index (χ1n) is 12.1. The number of ketones is 1. The third-order valence-electron chi connectivity index (χ3n) is 7.30. The van der Waals surface area contributed by atoms with Gasteiger partial charge in [0.1, 0.15) is 16.3 Å². The molecule has 0 N–H and O–H groups in total. The number of halogens is 3. The van der Waals surface area contributed by atoms with Gasteiger partial charge in [-0.2, -0.15) is 0 Å². The summed E-state index contributed by atoms with van der Waals surface area (Å²) in [6.07, 6.45) is 1.36. The number of ether oxygens (including phenoxy) is 2. The Morgan fingerprint density at radius 3 is 2.47 bits per heavy atom. The van der Waals surface area contributed by atoms with Crippen LogP contribution in [0.15, 0.2) is 41.3 Å². The minimum absolute atomic E-state index is 0.00604. The maximum absolute atomic E-state index is 15.3. The van der Waals surface area contributed by atoms with Gasteiger partial charge in [0.15, 0.2) is 21.4 Å². The number of rotatable bonds is 7. The second-order valence-corrected chi connectivity index (χ2v) is 13.3. The van der Waals surface area contributed by atoms with Crippen molar-refractivity contribution in [2.75, 3.05) is 13.2 Å². The lowest BCUT2D eigenvalue weighted by Gasteiger charge is -2.48. The molecular weight excluding hydrogens is 510 g/mol. The van der Waals surface area contributed by atoms with E-state index >= 15 is 4.39 Å². The number of carbonyl (C=O) groups excluding carboxylic acids is 1. The van der Waals surface area contributed by atoms with E-state index in [4.69, 9.17) is 21.1 Å². The lowest BCUT2D eigenvalue weighted by Crippen LogP contribution is -2.53. The smallest absolute Gasteiger partial charge is 0.188 e. The highest BCUT2D eigenvalue weighted by molar-refractivity contribution is 7.92. The van der Waals surface area contributed by atoms with E-state index in [1.54, 1.807) is 0 Å². The van der Waals surface area contributed by atoms with Crippen molar-refractivity contribution in [1.82, 2.24) is 0 Å². The maximum Gasteiger partial charge on any atom is 0.188 e. The van der Waals surface area contributed by atoms with Gasteiger partial charge in [-0.05, 0) is 62.1 Å². The van der Waals surface area contributed by atoms with Crippen molar-refractivity contribution in [3.63, 3.8) is 0 Å². The molecule has 0 bridgehead atoms. The number of hydrogen-bond acceptors (Lipinski definition) is 5. The predicted octanol–water partition coefficient (Wildman–Crippen LogP) is 6.26. The standard InChI is InChI=1S/C27H31ClF2O5S/c1-26(2,3)23(31)5-4-14-34-19-12-13-27(36(32,33)20-8-6-18(28)7-9-20)17(15-19)16-35-25-22(30)11-10-21(29)24(25)27/h6-11,17,19H,4-5,12-16H2,1-3H3/t17-,19-,27+/m1/s1. The largest absolute Gasteiger partial charge is 0.490 e. The molecule has 0 spiro atoms. The number of hydrogen-bond donors (Lipinski definition) is 0. The fourth-order valence-corrected chi connectivity index (χ4v) is 7.80. The van der Waals surface area contributed by atoms with Gasteiger partial charge in [0, 0.05) is 29.4 Å². The molecule has 0 unspecified atom stereocenters. The Labute approximate surface area is 216 Å². The third kappa shape index (κ3) is 4.79. The molecule has 0 aromatic heterocycles. The first-order valence-corrected chi connectivity index (χ1v) is 14.0. The molecule has 4 rings (SSSR count). The quantitative estimate of drug-likeness (QED) is 0.388. The van der Waals surface area contributed by atoms with Crippen molar-refractivity contribution in [3.05, 3.63) is 58.6 Å². The first kappa shape index (κ1) is 27.0. The molecule has 2 aliphatic rings. The van der Waals surface area contributed by atoms with E-state index < -0.39 is 37.6 Å². The lowest BCUT2D eigenvalue weighted by molar-refractivity contribution is -0.126. The van der Waals surface area contributed by atoms with Crippen molar-refractivity contribution >= 4 is 27.2 Å². The number of Topliss-reactive ketones (excluding diaryl/α,β-unsaturated/α-hetero) is 1. The van der Waals surface area contributed by atoms with Gasteiger partial charge >= 0.3 is 0 Å². The van der Waals surface area contributed by atoms with Crippen molar-refractivity contribution in [2.45, 2.75) is 68.6 Å². The van der Waals surface area contributed by atoms with E-state index in [-0.39, 0.29) is 41.1 Å². The molecule has 196 valence electrons. The molecular formula is C27H31ClF2O5S. The predicted molar refractivity (Wildman–Crippen MR) is 133 cm³/mol. The first-order chi connectivity index (χ1) is 16.9. The summed E-state index contributed by atoms with van der Waals surface area (Å²) in [6, 6.07) is 7.62. The summed E-state index contributed by atoms with van der Waals surface area (Å²) in [4.78, 5) is 12.2. The van der Waals surface area contributed by atoms with E-state index in [9.17, 15) is 17.6 Å². The van der Waals surface area contributed by atoms with Crippen LogP contribution in [0.1, 0.15) is 58.4 Å². The van der Waals surface area contributed by atoms with Gasteiger partial charge < -0.3 is 9.47 Å². The van der Waals surface area contributed by atoms with Gasteiger partial charge in [0.2, 0.25) is 0 Å². The number of carbonyl (C=O) groups is 1. The summed E-state index contributed by atoms with van der Waals surface area (Å²) < 4.78 is 68.2. The Morgan fingerprint density at radius 1 is 1.14 bits per heavy atom. The van der Waals surface area contributed by atoms with Crippen LogP contribution >= 0.6 is 11.6 Å². The Morgan fingerprint density at radius 2 is 1.81 bits per heavy atom. The average molecular weight is 541 g/mol. The second kappa shape index (κ2) is 10.0. The summed E-state index contributed by atoms with van der Waals surface area (Å²) in [7, 11) is -4.17. The summed E-state index contributed by atoms with van der Waals surface area (Å²) in [6.45, 7) is 5.90. The molecule has 2 aromatic rings. The Balaban J connectivity index is 1.64. The molecule has 1 saturated carbocycles. The van der Waals surface area contributed by atoms with Gasteiger partial charge in [0.05, 0.1) is 23.2 Å². The number of sulfone groups is 1. The zero-order chi connectivity index (χ0) is 26.3. The SMILES string of the molecule is CC(C)(C)C(=O)CCCO[C@@H]1CC[C@@]2(S(=O)(=O)c3ccc(Cl)cc3)c3c(F)ccc(F)c3OC[C@H]2C1. The number of benzene rings is 2. The minimum Gasteiger partial charge on any atom is -0.490 e. The third-order valence-corrected chi connectivity index (χ3v) is 10.1. The summed E-state index contributed by atoms with van der Waals surface area (Å²) >= 11 is 5.97. The summed E-state index contributed by atoms with van der Waals surface area (Å²) in [5.74, 6) is -2.45. The van der Waals surface area contributed by atoms with Gasteiger partial charge in [-0.25, -0.2) is 17.2 Å². The average Bonchev–Trinajstić information content (AvgIpc) is 2.83. The molecule has 0 saturated heterocycles. The monoisotopic (exact) mass is 540 g/mol. The van der Waals surface area contributed by atoms with Gasteiger partial charge in [0.25, 0.3) is 0 Å². The van der Waals surface area contributed by atoms with Crippen LogP contribution in [0.4, 0.5) is 8.78 Å². The summed E-state index contributed by atoms with van der Waals surface area (Å²) in [5.41, 5.74) is -0.657. The van der Waals surface area contributed by atoms with Crippen LogP contribution in [0.3, 0.4) is 0 Å². The topological polar surface area (TPSA) is 69.7 Å². The molecule has 1 heterocycles. The summed E-state index contributed by atoms with van der Waals surface area (Å²) in [5, 5.41) is 0.370. The van der Waals surface area contributed by atoms with Gasteiger partial charge in [-0.15, -0.1) is 0 Å². The van der Waals surface area contributed by atoms with E-state index in [0.29, 0.717) is 37.3 Å². The zero-order valence-electron chi connectivity index (χ0n) is 20.7. The van der Waals surface area contributed by atoms with Crippen molar-refractivity contribution in [1.29, 1.82) is 0 Å². The number of fused-ring (bicyclic) bond motifs is 3. The highest BCUT2D eigenvalue weighted by atomic mass is 35.5. The van der Waals surface area contributed by atoms with E-state index in [1.807, 2.05) is 20.8 Å². The minimum atomic E-state index is -4.17. The van der Waals surface area contributed by atoms with E-state index in [1.165, 1.54) is 24.3 Å². The van der Waals surface area contributed by atoms with Crippen molar-refractivity contribution in [3.8, 4) is 5.75 Å². The van der Waals surface area contributed by atoms with E-state index in [2.05, 4.69) is 0 Å². The van der Waals surface area contributed by atoms with Crippen LogP contribution in [-0.2, 0) is 24.1 Å². The molecule has 2 aromatic carbocycles. The van der Waals surface area contributed by atoms with Gasteiger partial charge in [-0.3, -0.25) is 4.79 Å². The molecule has 1 fully saturated rings. The normalized spacial score (nSPS) is 23.9. The Hall–Kier alpha value is -2.03. The molecule has 0 amide bonds. The van der Waals surface area contributed by atoms with Crippen LogP contribution < -0.4 is 4.74 Å². The van der Waals surface area contributed by atoms with E-state index in [0.717, 1.165) is 12.1 Å². The molecule has 0 radical (unpaired) electrons. The van der Waals surface area contributed by atoms with Gasteiger partial charge in [-0.1, -0.05) is 32.4 Å². The van der Waals surface area contributed by atoms with Crippen LogP contribution in [0.25, 0.3) is 0 Å². The molecule has 9 heteroatoms. The molecule has 1 aliphatic heterocycles. The molecule has 5 nitrogen and oxygen atoms in total. The molecule has 36 heavy (non-hydrogen) atoms. The second-order valence-electron chi connectivity index (χ2n) is 10.6. The van der Waals surface area contributed by atoms with Crippen LogP contribution in [-0.4, -0.2) is 33.5 Å². The van der Waals surface area contributed by atoms with Crippen molar-refractivity contribution < 1.29 is 31.5 Å². The fourth-order valence-electron chi connectivity index (χ4n) is 5.31. The van der Waals surface area contributed by atoms with Crippen LogP contribution in [0, 0.1) is 23.0 Å². The maximum atomic E-state index is 15.3. The van der Waals surface area contributed by atoms with Crippen molar-refractivity contribution in [2.24, 2.45) is 11.3 Å². The zero-order valence-corrected chi connectivity index (χ0v) is 22.2. The Bertz CT molecular complexity index is 1240. The molecule has 1 aliphatic carbocycles. The molecule has 3 atom stereocenters. The lowest BCUT2D eigenvalue weighted by atomic mass is 9.72. The highest BCUT2D eigenvalue weighted by Gasteiger charge is 2.59. The highest BCUT2D eigenvalue weighted by Crippen LogP contribution is 2.56. The fraction of sp³-hybridized carbons (Fsp3) is 0.519.